The van der Waals surface area contributed by atoms with Crippen LogP contribution in [0.2, 0.25) is 0 Å². The third kappa shape index (κ3) is 2.38. The van der Waals surface area contributed by atoms with Gasteiger partial charge in [0.25, 0.3) is 0 Å². The molecular weight excluding hydrogens is 220 g/mol. The van der Waals surface area contributed by atoms with Crippen LogP contribution in [-0.2, 0) is 9.59 Å². The van der Waals surface area contributed by atoms with Crippen molar-refractivity contribution < 1.29 is 14.4 Å². The van der Waals surface area contributed by atoms with Gasteiger partial charge in [-0.05, 0) is 25.2 Å². The van der Waals surface area contributed by atoms with Crippen LogP contribution < -0.4 is 10.6 Å². The van der Waals surface area contributed by atoms with E-state index in [2.05, 4.69) is 17.6 Å². The lowest BCUT2D eigenvalue weighted by molar-refractivity contribution is -0.134. The minimum Gasteiger partial charge on any atom is -0.277 e. The number of hydrogen-bond donors (Lipinski definition) is 2. The molecule has 2 N–H and O–H groups in total. The Morgan fingerprint density at radius 3 is 2.47 bits per heavy atom. The highest BCUT2D eigenvalue weighted by atomic mass is 16.2. The summed E-state index contributed by atoms with van der Waals surface area (Å²) in [6.45, 7) is 2.11. The van der Waals surface area contributed by atoms with Crippen molar-refractivity contribution >= 4 is 17.8 Å². The maximum absolute atomic E-state index is 11.7. The van der Waals surface area contributed by atoms with Gasteiger partial charge in [-0.25, -0.2) is 4.79 Å². The molecule has 0 aromatic heterocycles. The van der Waals surface area contributed by atoms with Crippen molar-refractivity contribution in [3.8, 4) is 0 Å². The largest absolute Gasteiger partial charge is 0.328 e. The van der Waals surface area contributed by atoms with Crippen LogP contribution in [-0.4, -0.2) is 17.8 Å². The summed E-state index contributed by atoms with van der Waals surface area (Å²) < 4.78 is 0. The Morgan fingerprint density at radius 1 is 1.24 bits per heavy atom. The van der Waals surface area contributed by atoms with Crippen molar-refractivity contribution in [2.45, 2.75) is 32.6 Å². The van der Waals surface area contributed by atoms with E-state index < -0.39 is 23.8 Å². The van der Waals surface area contributed by atoms with E-state index in [1.807, 2.05) is 6.08 Å². The van der Waals surface area contributed by atoms with E-state index in [0.717, 1.165) is 31.3 Å². The molecule has 0 spiro atoms. The summed E-state index contributed by atoms with van der Waals surface area (Å²) in [6, 6.07) is -0.722. The summed E-state index contributed by atoms with van der Waals surface area (Å²) in [5.41, 5.74) is 0.852. The summed E-state index contributed by atoms with van der Waals surface area (Å²) in [7, 11) is 0. The molecule has 1 aliphatic heterocycles. The van der Waals surface area contributed by atoms with Crippen LogP contribution in [0.25, 0.3) is 0 Å². The molecule has 5 nitrogen and oxygen atoms in total. The van der Waals surface area contributed by atoms with Gasteiger partial charge in [0.2, 0.25) is 11.8 Å². The number of nitrogens with one attached hydrogen (secondary N) is 2. The van der Waals surface area contributed by atoms with Gasteiger partial charge in [0, 0.05) is 0 Å². The first-order valence-corrected chi connectivity index (χ1v) is 5.96. The number of allylic oxidation sites excluding steroid dienone is 1. The van der Waals surface area contributed by atoms with Gasteiger partial charge < -0.3 is 0 Å². The maximum Gasteiger partial charge on any atom is 0.328 e. The highest BCUT2D eigenvalue weighted by Crippen LogP contribution is 2.31. The van der Waals surface area contributed by atoms with Gasteiger partial charge in [-0.2, -0.15) is 0 Å². The van der Waals surface area contributed by atoms with E-state index in [4.69, 9.17) is 0 Å². The molecule has 0 bridgehead atoms. The average molecular weight is 236 g/mol. The fourth-order valence-corrected chi connectivity index (χ4v) is 2.46. The monoisotopic (exact) mass is 236 g/mol. The SMILES string of the molecule is CCC1CCC=C(C2C(=O)NC(=O)NC2=O)C1. The first-order valence-electron chi connectivity index (χ1n) is 5.96. The second-order valence-corrected chi connectivity index (χ2v) is 4.58. The van der Waals surface area contributed by atoms with Crippen molar-refractivity contribution in [1.29, 1.82) is 0 Å². The standard InChI is InChI=1S/C12H16N2O3/c1-2-7-4-3-5-8(6-7)9-10(15)13-12(17)14-11(9)16/h5,7,9H,2-4,6H2,1H3,(H2,13,14,15,16,17). The molecule has 1 fully saturated rings. The summed E-state index contributed by atoms with van der Waals surface area (Å²) in [5, 5.41) is 4.28. The van der Waals surface area contributed by atoms with E-state index in [-0.39, 0.29) is 0 Å². The lowest BCUT2D eigenvalue weighted by Gasteiger charge is -2.28. The second kappa shape index (κ2) is 4.69. The smallest absolute Gasteiger partial charge is 0.277 e. The van der Waals surface area contributed by atoms with Crippen LogP contribution in [0.4, 0.5) is 4.79 Å². The number of urea groups is 1. The molecule has 17 heavy (non-hydrogen) atoms. The normalized spacial score (nSPS) is 26.3. The highest BCUT2D eigenvalue weighted by molar-refractivity contribution is 6.17. The lowest BCUT2D eigenvalue weighted by atomic mass is 9.80. The molecule has 1 atom stereocenters. The van der Waals surface area contributed by atoms with Gasteiger partial charge in [0.05, 0.1) is 0 Å². The zero-order chi connectivity index (χ0) is 12.4. The number of rotatable bonds is 2. The Hall–Kier alpha value is -1.65. The molecule has 1 heterocycles. The minimum absolute atomic E-state index is 0.498. The first kappa shape index (κ1) is 11.8. The predicted molar refractivity (Wildman–Crippen MR) is 60.9 cm³/mol. The lowest BCUT2D eigenvalue weighted by Crippen LogP contribution is -2.56. The Labute approximate surface area is 99.6 Å². The van der Waals surface area contributed by atoms with Crippen molar-refractivity contribution in [2.75, 3.05) is 0 Å². The van der Waals surface area contributed by atoms with Crippen molar-refractivity contribution in [1.82, 2.24) is 10.6 Å². The van der Waals surface area contributed by atoms with E-state index in [0.29, 0.717) is 5.92 Å². The van der Waals surface area contributed by atoms with E-state index >= 15 is 0 Å². The van der Waals surface area contributed by atoms with Gasteiger partial charge in [0.1, 0.15) is 5.92 Å². The second-order valence-electron chi connectivity index (χ2n) is 4.58. The Bertz CT molecular complexity index is 381. The summed E-state index contributed by atoms with van der Waals surface area (Å²) >= 11 is 0. The number of imide groups is 2. The zero-order valence-electron chi connectivity index (χ0n) is 9.79. The third-order valence-electron chi connectivity index (χ3n) is 3.45. The number of amides is 4. The van der Waals surface area contributed by atoms with Gasteiger partial charge in [-0.15, -0.1) is 0 Å². The van der Waals surface area contributed by atoms with Crippen LogP contribution in [0.15, 0.2) is 11.6 Å². The molecule has 2 rings (SSSR count). The highest BCUT2D eigenvalue weighted by Gasteiger charge is 2.37. The molecule has 1 saturated heterocycles. The average Bonchev–Trinajstić information content (AvgIpc) is 2.28. The van der Waals surface area contributed by atoms with Crippen LogP contribution in [0.5, 0.6) is 0 Å². The summed E-state index contributed by atoms with van der Waals surface area (Å²) in [6.07, 6.45) is 5.79. The maximum atomic E-state index is 11.7. The number of hydrogen-bond acceptors (Lipinski definition) is 3. The topological polar surface area (TPSA) is 75.3 Å². The zero-order valence-corrected chi connectivity index (χ0v) is 9.79. The number of barbiturate groups is 1. The quantitative estimate of drug-likeness (QED) is 0.557. The molecule has 2 aliphatic rings. The predicted octanol–water partition coefficient (Wildman–Crippen LogP) is 1.11. The molecule has 0 aromatic carbocycles. The molecule has 5 heteroatoms. The van der Waals surface area contributed by atoms with E-state index in [1.54, 1.807) is 0 Å². The van der Waals surface area contributed by atoms with Crippen LogP contribution in [0.3, 0.4) is 0 Å². The fraction of sp³-hybridized carbons (Fsp3) is 0.583. The third-order valence-corrected chi connectivity index (χ3v) is 3.45. The number of carbonyl (C=O) groups excluding carboxylic acids is 3. The molecule has 1 unspecified atom stereocenters. The van der Waals surface area contributed by atoms with Gasteiger partial charge in [-0.3, -0.25) is 20.2 Å². The molecule has 1 aliphatic carbocycles. The van der Waals surface area contributed by atoms with Crippen LogP contribution in [0, 0.1) is 11.8 Å². The first-order chi connectivity index (χ1) is 8.11. The molecule has 0 radical (unpaired) electrons. The molecule has 92 valence electrons. The minimum atomic E-state index is -0.818. The van der Waals surface area contributed by atoms with Crippen LogP contribution in [0.1, 0.15) is 32.6 Å². The van der Waals surface area contributed by atoms with Gasteiger partial charge in [-0.1, -0.05) is 25.0 Å². The van der Waals surface area contributed by atoms with Gasteiger partial charge >= 0.3 is 6.03 Å². The Balaban J connectivity index is 2.16. The summed E-state index contributed by atoms with van der Waals surface area (Å²) in [4.78, 5) is 34.3. The molecule has 0 saturated carbocycles. The van der Waals surface area contributed by atoms with Gasteiger partial charge in [0.15, 0.2) is 0 Å². The molecular formula is C12H16N2O3. The fourth-order valence-electron chi connectivity index (χ4n) is 2.46. The molecule has 4 amide bonds. The van der Waals surface area contributed by atoms with Crippen molar-refractivity contribution in [3.05, 3.63) is 11.6 Å². The van der Waals surface area contributed by atoms with E-state index in [9.17, 15) is 14.4 Å². The Kier molecular flexibility index (Phi) is 3.26. The van der Waals surface area contributed by atoms with Crippen molar-refractivity contribution in [2.24, 2.45) is 11.8 Å². The van der Waals surface area contributed by atoms with Crippen LogP contribution >= 0.6 is 0 Å². The summed E-state index contributed by atoms with van der Waals surface area (Å²) in [5.74, 6) is -1.28. The Morgan fingerprint density at radius 2 is 1.88 bits per heavy atom. The number of carbonyl (C=O) groups is 3. The van der Waals surface area contributed by atoms with Crippen molar-refractivity contribution in [3.63, 3.8) is 0 Å². The molecule has 0 aromatic rings. The van der Waals surface area contributed by atoms with E-state index in [1.165, 1.54) is 0 Å².